The number of aryl methyl sites for hydroxylation is 1. The minimum atomic E-state index is -3.95. The van der Waals surface area contributed by atoms with Gasteiger partial charge in [0.2, 0.25) is 5.89 Å². The second kappa shape index (κ2) is 5.29. The lowest BCUT2D eigenvalue weighted by Gasteiger charge is -2.11. The Morgan fingerprint density at radius 2 is 2.10 bits per heavy atom. The molecule has 0 amide bonds. The van der Waals surface area contributed by atoms with Gasteiger partial charge in [-0.15, -0.1) is 5.10 Å². The first-order valence-corrected chi connectivity index (χ1v) is 7.57. The monoisotopic (exact) mass is 362 g/mol. The van der Waals surface area contributed by atoms with Crippen molar-refractivity contribution in [2.24, 2.45) is 0 Å². The predicted molar refractivity (Wildman–Crippen MR) is 74.9 cm³/mol. The molecule has 2 aromatic rings. The molecule has 0 aliphatic carbocycles. The fourth-order valence-electron chi connectivity index (χ4n) is 1.43. The number of nitrogens with zero attached hydrogens (tertiary/aromatic N) is 2. The Morgan fingerprint density at radius 1 is 1.40 bits per heavy atom. The minimum absolute atomic E-state index is 0.128. The second-order valence-corrected chi connectivity index (χ2v) is 6.26. The van der Waals surface area contributed by atoms with Crippen molar-refractivity contribution in [1.82, 2.24) is 10.2 Å². The van der Waals surface area contributed by atoms with Crippen LogP contribution in [-0.2, 0) is 10.0 Å². The molecule has 0 bridgehead atoms. The normalized spacial score (nSPS) is 11.3. The Bertz CT molecular complexity index is 744. The van der Waals surface area contributed by atoms with Gasteiger partial charge in [-0.05, 0) is 28.1 Å². The van der Waals surface area contributed by atoms with E-state index in [1.54, 1.807) is 6.92 Å². The van der Waals surface area contributed by atoms with Gasteiger partial charge in [0.1, 0.15) is 10.6 Å². The highest BCUT2D eigenvalue weighted by Gasteiger charge is 2.23. The molecule has 3 N–H and O–H groups in total. The fraction of sp³-hybridized carbons (Fsp3) is 0.200. The zero-order chi connectivity index (χ0) is 14.9. The van der Waals surface area contributed by atoms with Gasteiger partial charge >= 0.3 is 6.01 Å². The van der Waals surface area contributed by atoms with Crippen LogP contribution in [0.2, 0.25) is 0 Å². The van der Waals surface area contributed by atoms with Gasteiger partial charge in [0.15, 0.2) is 0 Å². The third-order valence-electron chi connectivity index (χ3n) is 2.32. The van der Waals surface area contributed by atoms with Crippen molar-refractivity contribution in [3.05, 3.63) is 22.5 Å². The van der Waals surface area contributed by atoms with Gasteiger partial charge in [-0.3, -0.25) is 0 Å². The summed E-state index contributed by atoms with van der Waals surface area (Å²) in [5.74, 6) is 0.375. The number of halogens is 1. The Balaban J connectivity index is 2.46. The number of methoxy groups -OCH3 is 1. The highest BCUT2D eigenvalue weighted by molar-refractivity contribution is 9.10. The molecule has 0 saturated carbocycles. The lowest BCUT2D eigenvalue weighted by Crippen LogP contribution is -2.15. The maximum absolute atomic E-state index is 12.3. The molecule has 1 aromatic heterocycles. The van der Waals surface area contributed by atoms with E-state index in [2.05, 4.69) is 30.8 Å². The number of nitrogens with one attached hydrogen (secondary N) is 1. The first kappa shape index (κ1) is 14.6. The molecule has 0 aliphatic rings. The van der Waals surface area contributed by atoms with Gasteiger partial charge < -0.3 is 14.9 Å². The molecule has 108 valence electrons. The summed E-state index contributed by atoms with van der Waals surface area (Å²) < 4.78 is 37.2. The maximum Gasteiger partial charge on any atom is 0.329 e. The molecule has 8 nitrogen and oxygen atoms in total. The summed E-state index contributed by atoms with van der Waals surface area (Å²) in [5, 5.41) is 7.10. The van der Waals surface area contributed by atoms with Gasteiger partial charge in [-0.25, -0.2) is 13.1 Å². The molecule has 20 heavy (non-hydrogen) atoms. The van der Waals surface area contributed by atoms with Gasteiger partial charge in [0, 0.05) is 17.1 Å². The SMILES string of the molecule is COc1cc(Br)c(N)cc1S(=O)(=O)Nc1nnc(C)o1. The van der Waals surface area contributed by atoms with Crippen molar-refractivity contribution in [2.45, 2.75) is 11.8 Å². The van der Waals surface area contributed by atoms with Crippen LogP contribution in [-0.4, -0.2) is 25.7 Å². The Labute approximate surface area is 123 Å². The van der Waals surface area contributed by atoms with Gasteiger partial charge in [-0.1, -0.05) is 5.10 Å². The van der Waals surface area contributed by atoms with E-state index < -0.39 is 10.0 Å². The van der Waals surface area contributed by atoms with Crippen LogP contribution in [0.4, 0.5) is 11.7 Å². The molecule has 1 aromatic carbocycles. The number of sulfonamides is 1. The van der Waals surface area contributed by atoms with E-state index in [0.717, 1.165) is 0 Å². The van der Waals surface area contributed by atoms with Crippen molar-refractivity contribution in [3.63, 3.8) is 0 Å². The molecule has 0 atom stereocenters. The van der Waals surface area contributed by atoms with Crippen molar-refractivity contribution in [3.8, 4) is 5.75 Å². The third-order valence-corrected chi connectivity index (χ3v) is 4.35. The van der Waals surface area contributed by atoms with E-state index >= 15 is 0 Å². The molecule has 0 saturated heterocycles. The minimum Gasteiger partial charge on any atom is -0.495 e. The molecular weight excluding hydrogens is 352 g/mol. The Hall–Kier alpha value is -1.81. The molecular formula is C10H11BrN4O4S. The average molecular weight is 363 g/mol. The molecule has 0 unspecified atom stereocenters. The first-order valence-electron chi connectivity index (χ1n) is 5.29. The van der Waals surface area contributed by atoms with E-state index in [9.17, 15) is 8.42 Å². The fourth-order valence-corrected chi connectivity index (χ4v) is 2.86. The Morgan fingerprint density at radius 3 is 2.65 bits per heavy atom. The number of anilines is 2. The lowest BCUT2D eigenvalue weighted by atomic mass is 10.3. The molecule has 10 heteroatoms. The highest BCUT2D eigenvalue weighted by Crippen LogP contribution is 2.33. The number of aromatic nitrogens is 2. The van der Waals surface area contributed by atoms with Crippen LogP contribution < -0.4 is 15.2 Å². The third kappa shape index (κ3) is 2.85. The lowest BCUT2D eigenvalue weighted by molar-refractivity contribution is 0.402. The predicted octanol–water partition coefficient (Wildman–Crippen LogP) is 1.53. The van der Waals surface area contributed by atoms with Gasteiger partial charge in [-0.2, -0.15) is 0 Å². The van der Waals surface area contributed by atoms with E-state index in [4.69, 9.17) is 14.9 Å². The number of hydrogen-bond donors (Lipinski definition) is 2. The summed E-state index contributed by atoms with van der Waals surface area (Å²) in [6.07, 6.45) is 0. The van der Waals surface area contributed by atoms with E-state index in [0.29, 0.717) is 4.47 Å². The molecule has 0 radical (unpaired) electrons. The zero-order valence-corrected chi connectivity index (χ0v) is 12.9. The Kier molecular flexibility index (Phi) is 3.86. The molecule has 0 aliphatic heterocycles. The summed E-state index contributed by atoms with van der Waals surface area (Å²) in [6, 6.07) is 2.50. The van der Waals surface area contributed by atoms with E-state index in [-0.39, 0.29) is 28.2 Å². The van der Waals surface area contributed by atoms with Crippen LogP contribution >= 0.6 is 15.9 Å². The van der Waals surface area contributed by atoms with Crippen molar-refractivity contribution < 1.29 is 17.6 Å². The van der Waals surface area contributed by atoms with Crippen LogP contribution in [0.5, 0.6) is 5.75 Å². The summed E-state index contributed by atoms with van der Waals surface area (Å²) in [5.41, 5.74) is 5.95. The molecule has 1 heterocycles. The quantitative estimate of drug-likeness (QED) is 0.791. The molecule has 0 spiro atoms. The van der Waals surface area contributed by atoms with Gasteiger partial charge in [0.05, 0.1) is 7.11 Å². The van der Waals surface area contributed by atoms with Crippen molar-refractivity contribution in [2.75, 3.05) is 17.6 Å². The van der Waals surface area contributed by atoms with Crippen molar-refractivity contribution in [1.29, 1.82) is 0 Å². The molecule has 2 rings (SSSR count). The van der Waals surface area contributed by atoms with Gasteiger partial charge in [0.25, 0.3) is 10.0 Å². The zero-order valence-electron chi connectivity index (χ0n) is 10.5. The number of hydrogen-bond acceptors (Lipinski definition) is 7. The number of nitrogen functional groups attached to an aromatic ring is 1. The van der Waals surface area contributed by atoms with Crippen LogP contribution in [0.25, 0.3) is 0 Å². The smallest absolute Gasteiger partial charge is 0.329 e. The van der Waals surface area contributed by atoms with Crippen LogP contribution in [0.3, 0.4) is 0 Å². The average Bonchev–Trinajstić information content (AvgIpc) is 2.76. The van der Waals surface area contributed by atoms with Crippen LogP contribution in [0.1, 0.15) is 5.89 Å². The number of nitrogens with two attached hydrogens (primary N) is 1. The topological polar surface area (TPSA) is 120 Å². The standard InChI is InChI=1S/C10H11BrN4O4S/c1-5-13-14-10(19-5)15-20(16,17)9-4-7(12)6(11)3-8(9)18-2/h3-4H,12H2,1-2H3,(H,14,15). The summed E-state index contributed by atoms with van der Waals surface area (Å²) in [7, 11) is -2.60. The maximum atomic E-state index is 12.3. The summed E-state index contributed by atoms with van der Waals surface area (Å²) >= 11 is 3.20. The van der Waals surface area contributed by atoms with Crippen LogP contribution in [0, 0.1) is 6.92 Å². The highest BCUT2D eigenvalue weighted by atomic mass is 79.9. The first-order chi connectivity index (χ1) is 9.33. The summed E-state index contributed by atoms with van der Waals surface area (Å²) in [4.78, 5) is -0.128. The number of ether oxygens (including phenoxy) is 1. The van der Waals surface area contributed by atoms with E-state index in [1.165, 1.54) is 19.2 Å². The van der Waals surface area contributed by atoms with Crippen molar-refractivity contribution >= 4 is 37.7 Å². The van der Waals surface area contributed by atoms with E-state index in [1.807, 2.05) is 0 Å². The number of benzene rings is 1. The molecule has 0 fully saturated rings. The van der Waals surface area contributed by atoms with Crippen LogP contribution in [0.15, 0.2) is 25.9 Å². The second-order valence-electron chi connectivity index (χ2n) is 3.76. The summed E-state index contributed by atoms with van der Waals surface area (Å²) in [6.45, 7) is 1.54. The number of rotatable bonds is 4. The largest absolute Gasteiger partial charge is 0.495 e.